The molecule has 0 saturated carbocycles. The van der Waals surface area contributed by atoms with Crippen LogP contribution in [0.4, 0.5) is 8.78 Å². The Morgan fingerprint density at radius 3 is 2.79 bits per heavy atom. The van der Waals surface area contributed by atoms with E-state index in [0.717, 1.165) is 0 Å². The molecule has 0 bridgehead atoms. The molecule has 1 rings (SSSR count). The quantitative estimate of drug-likeness (QED) is 0.794. The SMILES string of the molecule is CC(N)(Cc1cccnc1Cl)C(F)F. The lowest BCUT2D eigenvalue weighted by Crippen LogP contribution is -2.45. The van der Waals surface area contributed by atoms with Crippen molar-refractivity contribution in [3.05, 3.63) is 29.0 Å². The molecular weight excluding hydrogens is 210 g/mol. The first-order valence-electron chi connectivity index (χ1n) is 4.10. The van der Waals surface area contributed by atoms with Crippen molar-refractivity contribution >= 4 is 11.6 Å². The van der Waals surface area contributed by atoms with Crippen molar-refractivity contribution in [2.24, 2.45) is 5.73 Å². The molecule has 0 radical (unpaired) electrons. The van der Waals surface area contributed by atoms with E-state index < -0.39 is 12.0 Å². The van der Waals surface area contributed by atoms with E-state index in [9.17, 15) is 8.78 Å². The van der Waals surface area contributed by atoms with Gasteiger partial charge in [-0.2, -0.15) is 0 Å². The Kier molecular flexibility index (Phi) is 3.39. The molecule has 2 N–H and O–H groups in total. The monoisotopic (exact) mass is 220 g/mol. The molecule has 2 nitrogen and oxygen atoms in total. The van der Waals surface area contributed by atoms with Crippen molar-refractivity contribution < 1.29 is 8.78 Å². The van der Waals surface area contributed by atoms with Crippen LogP contribution in [0.5, 0.6) is 0 Å². The number of nitrogens with two attached hydrogens (primary N) is 1. The third-order valence-electron chi connectivity index (χ3n) is 1.91. The van der Waals surface area contributed by atoms with E-state index in [-0.39, 0.29) is 11.6 Å². The van der Waals surface area contributed by atoms with Gasteiger partial charge in [-0.15, -0.1) is 0 Å². The highest BCUT2D eigenvalue weighted by Gasteiger charge is 2.31. The number of hydrogen-bond donors (Lipinski definition) is 1. The summed E-state index contributed by atoms with van der Waals surface area (Å²) >= 11 is 5.72. The molecule has 0 saturated heterocycles. The van der Waals surface area contributed by atoms with Gasteiger partial charge in [0.15, 0.2) is 0 Å². The van der Waals surface area contributed by atoms with E-state index in [1.807, 2.05) is 0 Å². The number of pyridine rings is 1. The molecule has 1 aromatic rings. The molecule has 0 spiro atoms. The molecule has 1 aromatic heterocycles. The summed E-state index contributed by atoms with van der Waals surface area (Å²) in [5.74, 6) is 0. The first-order valence-corrected chi connectivity index (χ1v) is 4.47. The van der Waals surface area contributed by atoms with Crippen LogP contribution in [0.1, 0.15) is 12.5 Å². The van der Waals surface area contributed by atoms with Gasteiger partial charge in [0.2, 0.25) is 0 Å². The maximum Gasteiger partial charge on any atom is 0.256 e. The Morgan fingerprint density at radius 2 is 2.29 bits per heavy atom. The molecule has 0 aromatic carbocycles. The van der Waals surface area contributed by atoms with Crippen LogP contribution in [0.15, 0.2) is 18.3 Å². The van der Waals surface area contributed by atoms with Gasteiger partial charge in [0.1, 0.15) is 5.15 Å². The third-order valence-corrected chi connectivity index (χ3v) is 2.25. The third kappa shape index (κ3) is 2.62. The lowest BCUT2D eigenvalue weighted by molar-refractivity contribution is 0.0639. The number of aromatic nitrogens is 1. The normalized spacial score (nSPS) is 15.6. The second kappa shape index (κ2) is 4.19. The molecule has 0 amide bonds. The molecule has 78 valence electrons. The summed E-state index contributed by atoms with van der Waals surface area (Å²) in [5.41, 5.74) is 4.40. The Labute approximate surface area is 86.1 Å². The van der Waals surface area contributed by atoms with Gasteiger partial charge in [-0.1, -0.05) is 17.7 Å². The van der Waals surface area contributed by atoms with Crippen molar-refractivity contribution in [2.45, 2.75) is 25.3 Å². The van der Waals surface area contributed by atoms with E-state index in [1.165, 1.54) is 13.1 Å². The maximum atomic E-state index is 12.4. The molecule has 1 heterocycles. The minimum Gasteiger partial charge on any atom is -0.320 e. The smallest absolute Gasteiger partial charge is 0.256 e. The number of rotatable bonds is 3. The van der Waals surface area contributed by atoms with Crippen LogP contribution in [-0.4, -0.2) is 16.9 Å². The number of alkyl halides is 2. The average Bonchev–Trinajstić information content (AvgIpc) is 2.08. The predicted molar refractivity (Wildman–Crippen MR) is 51.5 cm³/mol. The van der Waals surface area contributed by atoms with Crippen LogP contribution in [0.25, 0.3) is 0 Å². The summed E-state index contributed by atoms with van der Waals surface area (Å²) in [6, 6.07) is 3.28. The molecule has 1 unspecified atom stereocenters. The molecule has 0 aliphatic heterocycles. The van der Waals surface area contributed by atoms with E-state index in [1.54, 1.807) is 12.1 Å². The van der Waals surface area contributed by atoms with Crippen molar-refractivity contribution in [1.82, 2.24) is 4.98 Å². The Hall–Kier alpha value is -0.740. The van der Waals surface area contributed by atoms with E-state index >= 15 is 0 Å². The van der Waals surface area contributed by atoms with Crippen molar-refractivity contribution in [3.63, 3.8) is 0 Å². The lowest BCUT2D eigenvalue weighted by atomic mass is 9.95. The van der Waals surface area contributed by atoms with E-state index in [0.29, 0.717) is 5.56 Å². The standard InChI is InChI=1S/C9H11ClF2N2/c1-9(13,8(11)12)5-6-3-2-4-14-7(6)10/h2-4,8H,5,13H2,1H3. The Morgan fingerprint density at radius 1 is 1.64 bits per heavy atom. The highest BCUT2D eigenvalue weighted by Crippen LogP contribution is 2.21. The molecule has 14 heavy (non-hydrogen) atoms. The van der Waals surface area contributed by atoms with E-state index in [2.05, 4.69) is 4.98 Å². The fraction of sp³-hybridized carbons (Fsp3) is 0.444. The molecule has 0 fully saturated rings. The van der Waals surface area contributed by atoms with Gasteiger partial charge in [0.25, 0.3) is 6.43 Å². The molecule has 1 atom stereocenters. The highest BCUT2D eigenvalue weighted by molar-refractivity contribution is 6.30. The van der Waals surface area contributed by atoms with Crippen LogP contribution in [0, 0.1) is 0 Å². The summed E-state index contributed by atoms with van der Waals surface area (Å²) in [5, 5.41) is 0.227. The van der Waals surface area contributed by atoms with Crippen LogP contribution >= 0.6 is 11.6 Å². The Balaban J connectivity index is 2.84. The average molecular weight is 221 g/mol. The number of hydrogen-bond acceptors (Lipinski definition) is 2. The van der Waals surface area contributed by atoms with Gasteiger partial charge in [-0.05, 0) is 25.0 Å². The van der Waals surface area contributed by atoms with Crippen molar-refractivity contribution in [1.29, 1.82) is 0 Å². The van der Waals surface area contributed by atoms with Gasteiger partial charge < -0.3 is 5.73 Å². The summed E-state index contributed by atoms with van der Waals surface area (Å²) in [6.45, 7) is 1.29. The topological polar surface area (TPSA) is 38.9 Å². The summed E-state index contributed by atoms with van der Waals surface area (Å²) in [7, 11) is 0. The zero-order chi connectivity index (χ0) is 10.8. The molecule has 5 heteroatoms. The summed E-state index contributed by atoms with van der Waals surface area (Å²) < 4.78 is 24.9. The summed E-state index contributed by atoms with van der Waals surface area (Å²) in [4.78, 5) is 3.79. The minimum atomic E-state index is -2.58. The van der Waals surface area contributed by atoms with Crippen LogP contribution < -0.4 is 5.73 Å². The summed E-state index contributed by atoms with van der Waals surface area (Å²) in [6.07, 6.45) is -1.07. The maximum absolute atomic E-state index is 12.4. The molecule has 0 aliphatic rings. The number of halogens is 3. The van der Waals surface area contributed by atoms with E-state index in [4.69, 9.17) is 17.3 Å². The highest BCUT2D eigenvalue weighted by atomic mass is 35.5. The largest absolute Gasteiger partial charge is 0.320 e. The predicted octanol–water partition coefficient (Wildman–Crippen LogP) is 2.26. The lowest BCUT2D eigenvalue weighted by Gasteiger charge is -2.23. The fourth-order valence-electron chi connectivity index (χ4n) is 1.04. The molecular formula is C9H11ClF2N2. The first-order chi connectivity index (χ1) is 6.43. The van der Waals surface area contributed by atoms with Gasteiger partial charge in [-0.3, -0.25) is 0 Å². The van der Waals surface area contributed by atoms with Crippen LogP contribution in [0.3, 0.4) is 0 Å². The van der Waals surface area contributed by atoms with Gasteiger partial charge in [0.05, 0.1) is 5.54 Å². The zero-order valence-corrected chi connectivity index (χ0v) is 8.43. The van der Waals surface area contributed by atoms with Crippen molar-refractivity contribution in [3.8, 4) is 0 Å². The second-order valence-electron chi connectivity index (χ2n) is 3.44. The fourth-order valence-corrected chi connectivity index (χ4v) is 1.22. The number of nitrogens with zero attached hydrogens (tertiary/aromatic N) is 1. The van der Waals surface area contributed by atoms with Crippen molar-refractivity contribution in [2.75, 3.05) is 0 Å². The zero-order valence-electron chi connectivity index (χ0n) is 7.67. The minimum absolute atomic E-state index is 0.0112. The van der Waals surface area contributed by atoms with Gasteiger partial charge in [0, 0.05) is 6.20 Å². The van der Waals surface area contributed by atoms with Crippen LogP contribution in [0.2, 0.25) is 5.15 Å². The van der Waals surface area contributed by atoms with Gasteiger partial charge >= 0.3 is 0 Å². The first kappa shape index (κ1) is 11.3. The Bertz CT molecular complexity index is 315. The van der Waals surface area contributed by atoms with Crippen LogP contribution in [-0.2, 0) is 6.42 Å². The second-order valence-corrected chi connectivity index (χ2v) is 3.79. The van der Waals surface area contributed by atoms with Gasteiger partial charge in [-0.25, -0.2) is 13.8 Å². The molecule has 0 aliphatic carbocycles.